The summed E-state index contributed by atoms with van der Waals surface area (Å²) in [5, 5.41) is 0. The molecule has 0 atom stereocenters. The van der Waals surface area contributed by atoms with Crippen LogP contribution in [0.2, 0.25) is 0 Å². The molecule has 0 bridgehead atoms. The Kier molecular flexibility index (Phi) is 8.57. The van der Waals surface area contributed by atoms with E-state index in [0.29, 0.717) is 24.0 Å². The molecule has 0 spiro atoms. The molecule has 4 rings (SSSR count). The summed E-state index contributed by atoms with van der Waals surface area (Å²) in [6, 6.07) is 41.1. The predicted molar refractivity (Wildman–Crippen MR) is 124 cm³/mol. The van der Waals surface area contributed by atoms with Crippen molar-refractivity contribution in [1.29, 1.82) is 0 Å². The molecule has 4 aromatic rings. The van der Waals surface area contributed by atoms with Crippen LogP contribution in [0.5, 0.6) is 0 Å². The van der Waals surface area contributed by atoms with Crippen LogP contribution >= 0.6 is 0 Å². The molecule has 0 aliphatic rings. The summed E-state index contributed by atoms with van der Waals surface area (Å²) in [6.45, 7) is 1.45. The molecule has 0 unspecified atom stereocenters. The van der Waals surface area contributed by atoms with Crippen LogP contribution in [-0.2, 0) is 53.8 Å². The summed E-state index contributed by atoms with van der Waals surface area (Å²) >= 11 is -4.20. The van der Waals surface area contributed by atoms with Gasteiger partial charge < -0.3 is 0 Å². The van der Waals surface area contributed by atoms with Gasteiger partial charge in [0, 0.05) is 0 Å². The Morgan fingerprint density at radius 2 is 0.656 bits per heavy atom. The van der Waals surface area contributed by atoms with Crippen LogP contribution in [0.3, 0.4) is 0 Å². The maximum absolute atomic E-state index is 6.64. The Bertz CT molecular complexity index is 935. The van der Waals surface area contributed by atoms with Gasteiger partial charge in [-0.3, -0.25) is 0 Å². The fourth-order valence-corrected chi connectivity index (χ4v) is 12.2. The molecular weight excluding hydrogens is 563 g/mol. The SMILES string of the molecule is c1ccc(C[O][Hf]([CH2]c2ccccc2)([O]Cc2ccccc2)[O]Cc2ccccc2)cc1. The monoisotopic (exact) mass is 592 g/mol. The van der Waals surface area contributed by atoms with E-state index < -0.39 is 21.3 Å². The second-order valence-electron chi connectivity index (χ2n) is 7.67. The molecule has 0 saturated carbocycles. The van der Waals surface area contributed by atoms with Crippen molar-refractivity contribution in [2.24, 2.45) is 0 Å². The molecule has 0 aliphatic carbocycles. The van der Waals surface area contributed by atoms with E-state index in [9.17, 15) is 0 Å². The second-order valence-corrected chi connectivity index (χ2v) is 17.0. The van der Waals surface area contributed by atoms with Crippen molar-refractivity contribution in [3.63, 3.8) is 0 Å². The first-order chi connectivity index (χ1) is 15.8. The summed E-state index contributed by atoms with van der Waals surface area (Å²) in [5.74, 6) is 0. The number of rotatable bonds is 11. The van der Waals surface area contributed by atoms with Crippen LogP contribution < -0.4 is 0 Å². The Morgan fingerprint density at radius 3 is 0.969 bits per heavy atom. The minimum atomic E-state index is -4.20. The topological polar surface area (TPSA) is 27.7 Å². The molecule has 4 aromatic carbocycles. The summed E-state index contributed by atoms with van der Waals surface area (Å²) < 4.78 is 20.6. The first kappa shape index (κ1) is 22.8. The van der Waals surface area contributed by atoms with E-state index in [1.807, 2.05) is 60.7 Å². The third-order valence-corrected chi connectivity index (χ3v) is 14.5. The van der Waals surface area contributed by atoms with Crippen molar-refractivity contribution in [1.82, 2.24) is 0 Å². The van der Waals surface area contributed by atoms with Gasteiger partial charge in [-0.15, -0.1) is 0 Å². The van der Waals surface area contributed by atoms with Gasteiger partial charge in [0.2, 0.25) is 0 Å². The molecular formula is C28H28HfO3. The number of hydrogen-bond acceptors (Lipinski definition) is 3. The third-order valence-electron chi connectivity index (χ3n) is 5.17. The average Bonchev–Trinajstić information content (AvgIpc) is 2.87. The van der Waals surface area contributed by atoms with Crippen molar-refractivity contribution in [2.45, 2.75) is 24.0 Å². The molecule has 0 fully saturated rings. The van der Waals surface area contributed by atoms with E-state index >= 15 is 0 Å². The van der Waals surface area contributed by atoms with Crippen molar-refractivity contribution >= 4 is 0 Å². The molecule has 0 saturated heterocycles. The maximum atomic E-state index is 6.64. The van der Waals surface area contributed by atoms with Crippen molar-refractivity contribution < 1.29 is 29.8 Å². The Hall–Kier alpha value is -2.37. The van der Waals surface area contributed by atoms with Crippen LogP contribution in [0.4, 0.5) is 0 Å². The van der Waals surface area contributed by atoms with E-state index in [2.05, 4.69) is 60.7 Å². The normalized spacial score (nSPS) is 11.4. The van der Waals surface area contributed by atoms with E-state index in [4.69, 9.17) is 8.56 Å². The van der Waals surface area contributed by atoms with Crippen LogP contribution in [-0.4, -0.2) is 0 Å². The molecule has 3 nitrogen and oxygen atoms in total. The van der Waals surface area contributed by atoms with Gasteiger partial charge in [-0.05, 0) is 0 Å². The van der Waals surface area contributed by atoms with E-state index in [1.54, 1.807) is 0 Å². The summed E-state index contributed by atoms with van der Waals surface area (Å²) in [7, 11) is 0. The van der Waals surface area contributed by atoms with E-state index in [-0.39, 0.29) is 0 Å². The Balaban J connectivity index is 1.59. The zero-order valence-electron chi connectivity index (χ0n) is 18.1. The molecule has 0 aromatic heterocycles. The van der Waals surface area contributed by atoms with Gasteiger partial charge in [-0.2, -0.15) is 0 Å². The van der Waals surface area contributed by atoms with Gasteiger partial charge in [0.25, 0.3) is 0 Å². The molecule has 0 N–H and O–H groups in total. The molecule has 4 heteroatoms. The first-order valence-electron chi connectivity index (χ1n) is 10.9. The standard InChI is InChI=1S/3C7H7O.C7H7.Hf/c3*8-6-7-4-2-1-3-5-7;1-7-5-3-2-4-6-7;/h3*1-5H,6H2;2-6H,1H2;/q3*-1;;+3. The molecule has 0 radical (unpaired) electrons. The quantitative estimate of drug-likeness (QED) is 0.181. The van der Waals surface area contributed by atoms with Crippen LogP contribution in [0.1, 0.15) is 22.3 Å². The van der Waals surface area contributed by atoms with Crippen LogP contribution in [0.25, 0.3) is 0 Å². The first-order valence-corrected chi connectivity index (χ1v) is 17.8. The molecule has 0 heterocycles. The van der Waals surface area contributed by atoms with Crippen molar-refractivity contribution in [3.05, 3.63) is 144 Å². The van der Waals surface area contributed by atoms with Crippen LogP contribution in [0.15, 0.2) is 121 Å². The zero-order valence-corrected chi connectivity index (χ0v) is 21.7. The van der Waals surface area contributed by atoms with Gasteiger partial charge in [0.1, 0.15) is 0 Å². The third kappa shape index (κ3) is 7.07. The van der Waals surface area contributed by atoms with Gasteiger partial charge in [0.05, 0.1) is 0 Å². The zero-order chi connectivity index (χ0) is 21.9. The Morgan fingerprint density at radius 1 is 0.375 bits per heavy atom. The summed E-state index contributed by atoms with van der Waals surface area (Å²) in [5.41, 5.74) is 4.55. The molecule has 162 valence electrons. The number of hydrogen-bond donors (Lipinski definition) is 0. The van der Waals surface area contributed by atoms with Crippen LogP contribution in [0, 0.1) is 0 Å². The van der Waals surface area contributed by atoms with Gasteiger partial charge in [0.15, 0.2) is 0 Å². The predicted octanol–water partition coefficient (Wildman–Crippen LogP) is 6.74. The van der Waals surface area contributed by atoms with E-state index in [0.717, 1.165) is 16.7 Å². The fraction of sp³-hybridized carbons (Fsp3) is 0.143. The van der Waals surface area contributed by atoms with E-state index in [1.165, 1.54) is 5.56 Å². The summed E-state index contributed by atoms with van der Waals surface area (Å²) in [6.07, 6.45) is 0. The van der Waals surface area contributed by atoms with Gasteiger partial charge >= 0.3 is 197 Å². The Labute approximate surface area is 196 Å². The second kappa shape index (κ2) is 12.0. The summed E-state index contributed by atoms with van der Waals surface area (Å²) in [4.78, 5) is 0. The number of benzene rings is 4. The molecule has 32 heavy (non-hydrogen) atoms. The van der Waals surface area contributed by atoms with Gasteiger partial charge in [-0.1, -0.05) is 0 Å². The van der Waals surface area contributed by atoms with Crippen molar-refractivity contribution in [3.8, 4) is 0 Å². The molecule has 0 aliphatic heterocycles. The fourth-order valence-electron chi connectivity index (χ4n) is 3.43. The van der Waals surface area contributed by atoms with Crippen molar-refractivity contribution in [2.75, 3.05) is 0 Å². The minimum absolute atomic E-state index is 0.485. The van der Waals surface area contributed by atoms with Gasteiger partial charge in [-0.25, -0.2) is 0 Å². The molecule has 0 amide bonds. The average molecular weight is 591 g/mol.